The van der Waals surface area contributed by atoms with Crippen molar-refractivity contribution >= 4 is 5.95 Å². The molecule has 0 aromatic carbocycles. The van der Waals surface area contributed by atoms with Crippen LogP contribution in [0.2, 0.25) is 0 Å². The number of hydrogen-bond donors (Lipinski definition) is 2. The van der Waals surface area contributed by atoms with Crippen molar-refractivity contribution in [2.24, 2.45) is 5.11 Å². The summed E-state index contributed by atoms with van der Waals surface area (Å²) in [6.45, 7) is 5.83. The van der Waals surface area contributed by atoms with Crippen LogP contribution in [0, 0.1) is 0 Å². The van der Waals surface area contributed by atoms with E-state index < -0.39 is 0 Å². The van der Waals surface area contributed by atoms with E-state index in [1.165, 1.54) is 0 Å². The van der Waals surface area contributed by atoms with Crippen LogP contribution in [-0.4, -0.2) is 66.2 Å². The average Bonchev–Trinajstić information content (AvgIpc) is 2.68. The Morgan fingerprint density at radius 1 is 1.00 bits per heavy atom. The Morgan fingerprint density at radius 3 is 2.37 bits per heavy atom. The molecule has 0 aliphatic heterocycles. The minimum Gasteiger partial charge on any atom is -0.396 e. The largest absolute Gasteiger partial charge is 0.396 e. The van der Waals surface area contributed by atoms with Crippen LogP contribution in [0.5, 0.6) is 0 Å². The van der Waals surface area contributed by atoms with Gasteiger partial charge in [-0.2, -0.15) is 9.97 Å². The molecular weight excluding hydrogens is 350 g/mol. The quantitative estimate of drug-likeness (QED) is 0.183. The van der Waals surface area contributed by atoms with Gasteiger partial charge >= 0.3 is 0 Å². The van der Waals surface area contributed by atoms with Gasteiger partial charge in [0.05, 0.1) is 13.2 Å². The number of azide groups is 1. The highest BCUT2D eigenvalue weighted by atomic mass is 16.5. The van der Waals surface area contributed by atoms with Crippen LogP contribution in [0.25, 0.3) is 10.4 Å². The lowest BCUT2D eigenvalue weighted by atomic mass is 10.3. The number of aliphatic hydroxyl groups excluding tert-OH is 1. The standard InChI is InChI=1S/C17H31N7O3/c1-2-11-26-13-14-27-12-4-7-16-21-15(6-3-10-25)22-17(23-16)19-8-5-9-20-24-18/h25H,2-14H2,1H3,(H,19,21,22,23). The maximum atomic E-state index is 9.01. The molecule has 27 heavy (non-hydrogen) atoms. The number of nitrogens with zero attached hydrogens (tertiary/aromatic N) is 6. The summed E-state index contributed by atoms with van der Waals surface area (Å²) in [7, 11) is 0. The number of aryl methyl sites for hydroxylation is 2. The van der Waals surface area contributed by atoms with E-state index in [4.69, 9.17) is 20.1 Å². The van der Waals surface area contributed by atoms with E-state index in [2.05, 4.69) is 37.2 Å². The van der Waals surface area contributed by atoms with E-state index in [-0.39, 0.29) is 6.61 Å². The van der Waals surface area contributed by atoms with Gasteiger partial charge in [-0.15, -0.1) is 0 Å². The summed E-state index contributed by atoms with van der Waals surface area (Å²) in [5.74, 6) is 1.89. The summed E-state index contributed by atoms with van der Waals surface area (Å²) >= 11 is 0. The summed E-state index contributed by atoms with van der Waals surface area (Å²) in [5.41, 5.74) is 8.28. The van der Waals surface area contributed by atoms with Crippen LogP contribution >= 0.6 is 0 Å². The summed E-state index contributed by atoms with van der Waals surface area (Å²) in [6, 6.07) is 0. The number of hydrogen-bond acceptors (Lipinski definition) is 8. The molecule has 0 aliphatic rings. The summed E-state index contributed by atoms with van der Waals surface area (Å²) in [4.78, 5) is 16.0. The zero-order chi connectivity index (χ0) is 19.6. The lowest BCUT2D eigenvalue weighted by Crippen LogP contribution is -2.13. The SMILES string of the molecule is CCCOCCOCCCc1nc(CCCO)nc(NCCCN=[N+]=[N-])n1. The third-order valence-corrected chi connectivity index (χ3v) is 3.48. The van der Waals surface area contributed by atoms with Crippen molar-refractivity contribution in [3.63, 3.8) is 0 Å². The normalized spacial score (nSPS) is 10.6. The Hall–Kier alpha value is -2.00. The van der Waals surface area contributed by atoms with E-state index in [1.54, 1.807) is 0 Å². The summed E-state index contributed by atoms with van der Waals surface area (Å²) < 4.78 is 10.9. The topological polar surface area (TPSA) is 138 Å². The predicted octanol–water partition coefficient (Wildman–Crippen LogP) is 2.28. The molecule has 152 valence electrons. The zero-order valence-corrected chi connectivity index (χ0v) is 16.1. The third-order valence-electron chi connectivity index (χ3n) is 3.48. The van der Waals surface area contributed by atoms with Crippen LogP contribution < -0.4 is 5.32 Å². The number of aromatic nitrogens is 3. The van der Waals surface area contributed by atoms with Crippen molar-refractivity contribution in [1.82, 2.24) is 15.0 Å². The van der Waals surface area contributed by atoms with Gasteiger partial charge in [0.25, 0.3) is 0 Å². The molecule has 0 atom stereocenters. The van der Waals surface area contributed by atoms with E-state index in [1.807, 2.05) is 0 Å². The first-order valence-electron chi connectivity index (χ1n) is 9.55. The van der Waals surface area contributed by atoms with Crippen molar-refractivity contribution in [2.75, 3.05) is 51.4 Å². The number of nitrogens with one attached hydrogen (secondary N) is 1. The highest BCUT2D eigenvalue weighted by molar-refractivity contribution is 5.24. The minimum atomic E-state index is 0.101. The number of ether oxygens (including phenoxy) is 2. The van der Waals surface area contributed by atoms with E-state index in [9.17, 15) is 0 Å². The van der Waals surface area contributed by atoms with Gasteiger partial charge in [0.15, 0.2) is 0 Å². The van der Waals surface area contributed by atoms with E-state index in [0.717, 1.165) is 19.4 Å². The molecule has 1 aromatic heterocycles. The zero-order valence-electron chi connectivity index (χ0n) is 16.1. The molecule has 1 heterocycles. The number of rotatable bonds is 17. The van der Waals surface area contributed by atoms with Gasteiger partial charge < -0.3 is 19.9 Å². The molecule has 0 bridgehead atoms. The van der Waals surface area contributed by atoms with Crippen LogP contribution in [0.3, 0.4) is 0 Å². The van der Waals surface area contributed by atoms with Gasteiger partial charge in [-0.25, -0.2) is 4.98 Å². The first-order valence-corrected chi connectivity index (χ1v) is 9.55. The van der Waals surface area contributed by atoms with Crippen LogP contribution in [-0.2, 0) is 22.3 Å². The van der Waals surface area contributed by atoms with Gasteiger partial charge in [0.1, 0.15) is 11.6 Å². The molecule has 0 saturated heterocycles. The molecule has 0 spiro atoms. The third kappa shape index (κ3) is 12.1. The van der Waals surface area contributed by atoms with Gasteiger partial charge in [-0.05, 0) is 31.2 Å². The van der Waals surface area contributed by atoms with Gasteiger partial charge in [-0.1, -0.05) is 12.0 Å². The van der Waals surface area contributed by atoms with E-state index in [0.29, 0.717) is 76.2 Å². The molecule has 0 saturated carbocycles. The average molecular weight is 381 g/mol. The number of anilines is 1. The fraction of sp³-hybridized carbons (Fsp3) is 0.824. The maximum absolute atomic E-state index is 9.01. The number of aliphatic hydroxyl groups is 1. The summed E-state index contributed by atoms with van der Waals surface area (Å²) in [6.07, 6.45) is 4.43. The highest BCUT2D eigenvalue weighted by Gasteiger charge is 2.07. The molecule has 1 rings (SSSR count). The fourth-order valence-corrected chi connectivity index (χ4v) is 2.20. The lowest BCUT2D eigenvalue weighted by molar-refractivity contribution is 0.0471. The molecule has 0 aliphatic carbocycles. The van der Waals surface area contributed by atoms with Gasteiger partial charge in [0.2, 0.25) is 5.95 Å². The second-order valence-corrected chi connectivity index (χ2v) is 5.88. The Kier molecular flexibility index (Phi) is 13.8. The van der Waals surface area contributed by atoms with Gasteiger partial charge in [0, 0.05) is 50.7 Å². The highest BCUT2D eigenvalue weighted by Crippen LogP contribution is 2.06. The summed E-state index contributed by atoms with van der Waals surface area (Å²) in [5, 5.41) is 15.6. The Bertz CT molecular complexity index is 553. The maximum Gasteiger partial charge on any atom is 0.226 e. The van der Waals surface area contributed by atoms with Crippen molar-refractivity contribution in [3.05, 3.63) is 22.1 Å². The van der Waals surface area contributed by atoms with Crippen molar-refractivity contribution in [1.29, 1.82) is 0 Å². The molecule has 0 fully saturated rings. The van der Waals surface area contributed by atoms with Crippen LogP contribution in [0.1, 0.15) is 44.3 Å². The molecular formula is C17H31N7O3. The second-order valence-electron chi connectivity index (χ2n) is 5.88. The Labute approximate surface area is 160 Å². The van der Waals surface area contributed by atoms with Crippen LogP contribution in [0.15, 0.2) is 5.11 Å². The van der Waals surface area contributed by atoms with Crippen molar-refractivity contribution in [2.45, 2.75) is 45.4 Å². The molecule has 0 radical (unpaired) electrons. The minimum absolute atomic E-state index is 0.101. The van der Waals surface area contributed by atoms with Crippen molar-refractivity contribution in [3.8, 4) is 0 Å². The lowest BCUT2D eigenvalue weighted by Gasteiger charge is -2.09. The molecule has 10 nitrogen and oxygen atoms in total. The second kappa shape index (κ2) is 16.2. The smallest absolute Gasteiger partial charge is 0.226 e. The van der Waals surface area contributed by atoms with Gasteiger partial charge in [-0.3, -0.25) is 0 Å². The first kappa shape index (κ1) is 23.0. The molecule has 0 unspecified atom stereocenters. The Morgan fingerprint density at radius 2 is 1.70 bits per heavy atom. The van der Waals surface area contributed by atoms with Crippen LogP contribution in [0.4, 0.5) is 5.95 Å². The first-order chi connectivity index (χ1) is 13.3. The molecule has 10 heteroatoms. The monoisotopic (exact) mass is 381 g/mol. The predicted molar refractivity (Wildman–Crippen MR) is 103 cm³/mol. The fourth-order valence-electron chi connectivity index (χ4n) is 2.20. The molecule has 0 amide bonds. The molecule has 1 aromatic rings. The van der Waals surface area contributed by atoms with E-state index >= 15 is 0 Å². The molecule has 2 N–H and O–H groups in total. The van der Waals surface area contributed by atoms with Crippen molar-refractivity contribution < 1.29 is 14.6 Å². The Balaban J connectivity index is 2.43.